The van der Waals surface area contributed by atoms with E-state index in [0.717, 1.165) is 19.3 Å². The first-order valence-corrected chi connectivity index (χ1v) is 9.79. The van der Waals surface area contributed by atoms with Gasteiger partial charge in [-0.2, -0.15) is 0 Å². The Morgan fingerprint density at radius 2 is 1.80 bits per heavy atom. The fraction of sp³-hybridized carbons (Fsp3) is 0.364. The van der Waals surface area contributed by atoms with E-state index in [9.17, 15) is 29.2 Å². The Morgan fingerprint density at radius 1 is 1.13 bits per heavy atom. The topological polar surface area (TPSA) is 110 Å². The number of amides is 1. The van der Waals surface area contributed by atoms with Gasteiger partial charge in [0.1, 0.15) is 17.4 Å². The number of rotatable bonds is 6. The first kappa shape index (κ1) is 21.4. The molecule has 1 aliphatic rings. The summed E-state index contributed by atoms with van der Waals surface area (Å²) >= 11 is 0. The van der Waals surface area contributed by atoms with Crippen LogP contribution < -0.4 is 5.32 Å². The molecule has 1 saturated carbocycles. The van der Waals surface area contributed by atoms with Crippen LogP contribution in [-0.4, -0.2) is 27.9 Å². The Labute approximate surface area is 173 Å². The minimum Gasteiger partial charge on any atom is -0.480 e. The molecule has 158 valence electrons. The van der Waals surface area contributed by atoms with Crippen LogP contribution in [0, 0.1) is 21.3 Å². The molecule has 3 rings (SSSR count). The Morgan fingerprint density at radius 3 is 2.40 bits per heavy atom. The van der Waals surface area contributed by atoms with Crippen LogP contribution in [0.25, 0.3) is 11.1 Å². The van der Waals surface area contributed by atoms with Gasteiger partial charge in [0.15, 0.2) is 0 Å². The molecular formula is C22H23FN2O5. The van der Waals surface area contributed by atoms with E-state index in [2.05, 4.69) is 5.32 Å². The van der Waals surface area contributed by atoms with Crippen LogP contribution in [0.2, 0.25) is 0 Å². The molecule has 0 aromatic heterocycles. The predicted octanol–water partition coefficient (Wildman–Crippen LogP) is 4.55. The minimum absolute atomic E-state index is 0.231. The molecule has 0 spiro atoms. The van der Waals surface area contributed by atoms with Crippen LogP contribution in [0.5, 0.6) is 0 Å². The lowest BCUT2D eigenvalue weighted by Crippen LogP contribution is -2.52. The second-order valence-electron chi connectivity index (χ2n) is 7.96. The number of halogens is 1. The van der Waals surface area contributed by atoms with Gasteiger partial charge in [-0.1, -0.05) is 44.4 Å². The summed E-state index contributed by atoms with van der Waals surface area (Å²) in [6.07, 6.45) is 4.08. The van der Waals surface area contributed by atoms with E-state index in [0.29, 0.717) is 24.0 Å². The smallest absolute Gasteiger partial charge is 0.326 e. The highest BCUT2D eigenvalue weighted by Crippen LogP contribution is 2.39. The van der Waals surface area contributed by atoms with E-state index in [1.165, 1.54) is 36.4 Å². The van der Waals surface area contributed by atoms with Crippen molar-refractivity contribution in [3.63, 3.8) is 0 Å². The van der Waals surface area contributed by atoms with Crippen molar-refractivity contribution in [3.8, 4) is 11.1 Å². The first-order valence-electron chi connectivity index (χ1n) is 9.79. The molecule has 1 amide bonds. The van der Waals surface area contributed by atoms with Gasteiger partial charge in [0.05, 0.1) is 4.92 Å². The summed E-state index contributed by atoms with van der Waals surface area (Å²) in [5, 5.41) is 23.8. The van der Waals surface area contributed by atoms with Crippen LogP contribution in [0.15, 0.2) is 42.5 Å². The van der Waals surface area contributed by atoms with Gasteiger partial charge < -0.3 is 10.4 Å². The van der Waals surface area contributed by atoms with E-state index in [1.807, 2.05) is 6.92 Å². The molecule has 2 aromatic rings. The van der Waals surface area contributed by atoms with Crippen LogP contribution >= 0.6 is 0 Å². The second kappa shape index (κ2) is 8.61. The molecule has 1 fully saturated rings. The Bertz CT molecular complexity index is 985. The summed E-state index contributed by atoms with van der Waals surface area (Å²) in [6.45, 7) is 1.83. The minimum atomic E-state index is -1.16. The van der Waals surface area contributed by atoms with Crippen molar-refractivity contribution in [1.82, 2.24) is 5.32 Å². The van der Waals surface area contributed by atoms with Crippen molar-refractivity contribution in [1.29, 1.82) is 0 Å². The summed E-state index contributed by atoms with van der Waals surface area (Å²) in [6, 6.07) is 8.40. The average Bonchev–Trinajstić information content (AvgIpc) is 2.71. The van der Waals surface area contributed by atoms with Gasteiger partial charge in [0.25, 0.3) is 11.6 Å². The van der Waals surface area contributed by atoms with Crippen LogP contribution in [0.3, 0.4) is 0 Å². The van der Waals surface area contributed by atoms with Crippen molar-refractivity contribution in [3.05, 3.63) is 64.0 Å². The SMILES string of the molecule is CC1([C@H](NC(=O)c2ccc(-c3cccc(F)c3)cc2[N+](=O)[O-])C(=O)O)CCCCC1. The highest BCUT2D eigenvalue weighted by atomic mass is 19.1. The number of benzene rings is 2. The van der Waals surface area contributed by atoms with Gasteiger partial charge in [-0.15, -0.1) is 0 Å². The quantitative estimate of drug-likeness (QED) is 0.532. The van der Waals surface area contributed by atoms with Gasteiger partial charge in [-0.05, 0) is 47.6 Å². The molecule has 0 aliphatic heterocycles. The standard InChI is InChI=1S/C22H23FN2O5/c1-22(10-3-2-4-11-22)19(21(27)28)24-20(26)17-9-8-15(13-18(17)25(29)30)14-6-5-7-16(23)12-14/h5-9,12-13,19H,2-4,10-11H2,1H3,(H,24,26)(H,27,28)/t19-/m1/s1. The normalized spacial score (nSPS) is 16.5. The van der Waals surface area contributed by atoms with Gasteiger partial charge >= 0.3 is 5.97 Å². The largest absolute Gasteiger partial charge is 0.480 e. The third-order valence-electron chi connectivity index (χ3n) is 5.81. The molecule has 0 unspecified atom stereocenters. The Balaban J connectivity index is 1.92. The molecule has 1 aliphatic carbocycles. The molecule has 30 heavy (non-hydrogen) atoms. The number of hydrogen-bond acceptors (Lipinski definition) is 4. The monoisotopic (exact) mass is 414 g/mol. The molecule has 1 atom stereocenters. The maximum absolute atomic E-state index is 13.5. The Kier molecular flexibility index (Phi) is 6.14. The molecule has 7 nitrogen and oxygen atoms in total. The van der Waals surface area contributed by atoms with E-state index in [4.69, 9.17) is 0 Å². The van der Waals surface area contributed by atoms with Gasteiger partial charge in [0.2, 0.25) is 0 Å². The third-order valence-corrected chi connectivity index (χ3v) is 5.81. The van der Waals surface area contributed by atoms with E-state index < -0.39 is 39.8 Å². The number of nitro benzene ring substituents is 1. The van der Waals surface area contributed by atoms with Crippen LogP contribution in [-0.2, 0) is 4.79 Å². The highest BCUT2D eigenvalue weighted by molar-refractivity contribution is 6.00. The zero-order chi connectivity index (χ0) is 21.9. The third kappa shape index (κ3) is 4.48. The number of aliphatic carboxylic acids is 1. The van der Waals surface area contributed by atoms with Crippen molar-refractivity contribution in [2.45, 2.75) is 45.1 Å². The zero-order valence-electron chi connectivity index (χ0n) is 16.6. The molecule has 2 aromatic carbocycles. The Hall–Kier alpha value is -3.29. The number of nitro groups is 1. The number of carboxylic acids is 1. The maximum atomic E-state index is 13.5. The zero-order valence-corrected chi connectivity index (χ0v) is 16.6. The lowest BCUT2D eigenvalue weighted by molar-refractivity contribution is -0.385. The lowest BCUT2D eigenvalue weighted by atomic mass is 9.70. The summed E-state index contributed by atoms with van der Waals surface area (Å²) in [5.74, 6) is -2.46. The second-order valence-corrected chi connectivity index (χ2v) is 7.96. The molecule has 2 N–H and O–H groups in total. The number of nitrogens with one attached hydrogen (secondary N) is 1. The van der Waals surface area contributed by atoms with Gasteiger partial charge in [0, 0.05) is 6.07 Å². The van der Waals surface area contributed by atoms with Crippen molar-refractivity contribution < 1.29 is 24.0 Å². The summed E-state index contributed by atoms with van der Waals surface area (Å²) in [5.41, 5.74) is -0.497. The van der Waals surface area contributed by atoms with E-state index >= 15 is 0 Å². The van der Waals surface area contributed by atoms with Crippen LogP contribution in [0.4, 0.5) is 10.1 Å². The predicted molar refractivity (Wildman–Crippen MR) is 109 cm³/mol. The lowest BCUT2D eigenvalue weighted by Gasteiger charge is -2.38. The van der Waals surface area contributed by atoms with Crippen molar-refractivity contribution in [2.24, 2.45) is 5.41 Å². The van der Waals surface area contributed by atoms with E-state index in [-0.39, 0.29) is 5.56 Å². The van der Waals surface area contributed by atoms with Gasteiger partial charge in [-0.3, -0.25) is 14.9 Å². The summed E-state index contributed by atoms with van der Waals surface area (Å²) < 4.78 is 13.5. The molecular weight excluding hydrogens is 391 g/mol. The molecule has 8 heteroatoms. The fourth-order valence-corrected chi connectivity index (χ4v) is 4.11. The van der Waals surface area contributed by atoms with Gasteiger partial charge in [-0.25, -0.2) is 9.18 Å². The summed E-state index contributed by atoms with van der Waals surface area (Å²) in [7, 11) is 0. The van der Waals surface area contributed by atoms with Crippen LogP contribution in [0.1, 0.15) is 49.4 Å². The first-order chi connectivity index (χ1) is 14.2. The number of carbonyl (C=O) groups is 2. The number of nitrogens with zero attached hydrogens (tertiary/aromatic N) is 1. The van der Waals surface area contributed by atoms with Crippen molar-refractivity contribution in [2.75, 3.05) is 0 Å². The molecule has 0 heterocycles. The fourth-order valence-electron chi connectivity index (χ4n) is 4.11. The highest BCUT2D eigenvalue weighted by Gasteiger charge is 2.41. The number of hydrogen-bond donors (Lipinski definition) is 2. The number of carboxylic acid groups (broad SMARTS) is 1. The average molecular weight is 414 g/mol. The maximum Gasteiger partial charge on any atom is 0.326 e. The molecule has 0 saturated heterocycles. The molecule has 0 radical (unpaired) electrons. The summed E-state index contributed by atoms with van der Waals surface area (Å²) in [4.78, 5) is 35.6. The van der Waals surface area contributed by atoms with E-state index in [1.54, 1.807) is 6.07 Å². The number of carbonyl (C=O) groups excluding carboxylic acids is 1. The van der Waals surface area contributed by atoms with Crippen molar-refractivity contribution >= 4 is 17.6 Å². The molecule has 0 bridgehead atoms.